The Morgan fingerprint density at radius 2 is 2.05 bits per heavy atom. The molecule has 0 aliphatic carbocycles. The van der Waals surface area contributed by atoms with Gasteiger partial charge in [-0.05, 0) is 36.8 Å². The Labute approximate surface area is 127 Å². The van der Waals surface area contributed by atoms with E-state index in [4.69, 9.17) is 0 Å². The molecule has 22 heavy (non-hydrogen) atoms. The highest BCUT2D eigenvalue weighted by Gasteiger charge is 2.25. The van der Waals surface area contributed by atoms with Crippen LogP contribution in [0.4, 0.5) is 4.39 Å². The summed E-state index contributed by atoms with van der Waals surface area (Å²) in [5, 5.41) is 2.53. The second-order valence-electron chi connectivity index (χ2n) is 4.64. The van der Waals surface area contributed by atoms with Gasteiger partial charge in [-0.3, -0.25) is 9.78 Å². The lowest BCUT2D eigenvalue weighted by Crippen LogP contribution is -2.35. The predicted molar refractivity (Wildman–Crippen MR) is 77.6 cm³/mol. The van der Waals surface area contributed by atoms with Gasteiger partial charge in [0.15, 0.2) is 6.04 Å². The average Bonchev–Trinajstić information content (AvgIpc) is 2.54. The summed E-state index contributed by atoms with van der Waals surface area (Å²) in [6.45, 7) is 1.68. The largest absolute Gasteiger partial charge is 0.467 e. The Morgan fingerprint density at radius 1 is 1.27 bits per heavy atom. The lowest BCUT2D eigenvalue weighted by molar-refractivity contribution is -0.143. The predicted octanol–water partition coefficient (Wildman–Crippen LogP) is 2.17. The van der Waals surface area contributed by atoms with Crippen LogP contribution >= 0.6 is 0 Å². The number of pyridine rings is 1. The van der Waals surface area contributed by atoms with Crippen LogP contribution in [0.2, 0.25) is 0 Å². The van der Waals surface area contributed by atoms with Crippen molar-refractivity contribution in [3.63, 3.8) is 0 Å². The van der Waals surface area contributed by atoms with E-state index in [-0.39, 0.29) is 5.56 Å². The second kappa shape index (κ2) is 6.80. The molecule has 0 radical (unpaired) electrons. The quantitative estimate of drug-likeness (QED) is 0.879. The molecular weight excluding hydrogens is 287 g/mol. The van der Waals surface area contributed by atoms with Crippen molar-refractivity contribution in [3.8, 4) is 0 Å². The fourth-order valence-electron chi connectivity index (χ4n) is 1.97. The number of nitrogens with one attached hydrogen (secondary N) is 1. The van der Waals surface area contributed by atoms with Crippen LogP contribution < -0.4 is 5.32 Å². The summed E-state index contributed by atoms with van der Waals surface area (Å²) in [5.74, 6) is -1.75. The summed E-state index contributed by atoms with van der Waals surface area (Å²) in [6.07, 6.45) is 1.50. The maximum atomic E-state index is 13.3. The van der Waals surface area contributed by atoms with Gasteiger partial charge in [-0.2, -0.15) is 0 Å². The molecule has 5 nitrogen and oxygen atoms in total. The lowest BCUT2D eigenvalue weighted by Gasteiger charge is -2.16. The van der Waals surface area contributed by atoms with Gasteiger partial charge in [0.1, 0.15) is 5.82 Å². The minimum Gasteiger partial charge on any atom is -0.467 e. The number of carbonyl (C=O) groups excluding carboxylic acids is 2. The normalized spacial score (nSPS) is 11.6. The highest BCUT2D eigenvalue weighted by atomic mass is 19.1. The highest BCUT2D eigenvalue weighted by Crippen LogP contribution is 2.15. The molecule has 0 spiro atoms. The number of ether oxygens (including phenoxy) is 1. The number of halogens is 1. The number of benzene rings is 1. The first kappa shape index (κ1) is 15.6. The number of aryl methyl sites for hydroxylation is 1. The third-order valence-electron chi connectivity index (χ3n) is 3.14. The number of rotatable bonds is 4. The summed E-state index contributed by atoms with van der Waals surface area (Å²) in [5.41, 5.74) is 1.10. The number of hydrogen-bond donors (Lipinski definition) is 1. The molecule has 6 heteroatoms. The van der Waals surface area contributed by atoms with Crippen molar-refractivity contribution in [2.24, 2.45) is 0 Å². The molecule has 0 saturated carbocycles. The molecule has 2 rings (SSSR count). The minimum absolute atomic E-state index is 0.157. The van der Waals surface area contributed by atoms with Crippen molar-refractivity contribution < 1.29 is 18.7 Å². The first-order valence-electron chi connectivity index (χ1n) is 6.58. The molecule has 0 aliphatic rings. The number of nitrogens with zero attached hydrogens (tertiary/aromatic N) is 1. The molecule has 0 bridgehead atoms. The molecule has 1 amide bonds. The molecule has 0 aliphatic heterocycles. The fourth-order valence-corrected chi connectivity index (χ4v) is 1.97. The van der Waals surface area contributed by atoms with Crippen LogP contribution in [0.25, 0.3) is 0 Å². The van der Waals surface area contributed by atoms with Crippen molar-refractivity contribution in [2.75, 3.05) is 7.11 Å². The van der Waals surface area contributed by atoms with Gasteiger partial charge in [0.2, 0.25) is 0 Å². The zero-order chi connectivity index (χ0) is 16.1. The molecule has 2 aromatic rings. The van der Waals surface area contributed by atoms with Crippen molar-refractivity contribution in [1.29, 1.82) is 0 Å². The molecule has 1 heterocycles. The van der Waals surface area contributed by atoms with E-state index in [2.05, 4.69) is 15.0 Å². The zero-order valence-electron chi connectivity index (χ0n) is 12.2. The van der Waals surface area contributed by atoms with Crippen molar-refractivity contribution in [3.05, 3.63) is 65.2 Å². The third kappa shape index (κ3) is 3.46. The third-order valence-corrected chi connectivity index (χ3v) is 3.14. The van der Waals surface area contributed by atoms with E-state index in [0.717, 1.165) is 6.07 Å². The number of hydrogen-bond acceptors (Lipinski definition) is 4. The highest BCUT2D eigenvalue weighted by molar-refractivity contribution is 5.98. The van der Waals surface area contributed by atoms with Gasteiger partial charge in [0.05, 0.1) is 12.8 Å². The van der Waals surface area contributed by atoms with E-state index in [1.54, 1.807) is 25.1 Å². The van der Waals surface area contributed by atoms with Crippen molar-refractivity contribution in [2.45, 2.75) is 13.0 Å². The minimum atomic E-state index is -1.05. The van der Waals surface area contributed by atoms with E-state index in [1.807, 2.05) is 0 Å². The first-order chi connectivity index (χ1) is 10.5. The lowest BCUT2D eigenvalue weighted by atomic mass is 10.1. The zero-order valence-corrected chi connectivity index (χ0v) is 12.2. The van der Waals surface area contributed by atoms with Crippen molar-refractivity contribution >= 4 is 11.9 Å². The molecule has 114 valence electrons. The number of aromatic nitrogens is 1. The molecule has 0 unspecified atom stereocenters. The van der Waals surface area contributed by atoms with E-state index in [1.165, 1.54) is 25.4 Å². The Hall–Kier alpha value is -2.76. The molecule has 1 aromatic carbocycles. The van der Waals surface area contributed by atoms with Crippen molar-refractivity contribution in [1.82, 2.24) is 10.3 Å². The summed E-state index contributed by atoms with van der Waals surface area (Å²) in [7, 11) is 1.22. The molecule has 0 fully saturated rings. The van der Waals surface area contributed by atoms with E-state index < -0.39 is 23.7 Å². The molecular formula is C16H15FN2O3. The second-order valence-corrected chi connectivity index (χ2v) is 4.64. The molecule has 1 atom stereocenters. The standard InChI is InChI=1S/C16H15FN2O3/c1-10-6-7-11(17)9-12(10)15(20)19-14(16(21)22-2)13-5-3-4-8-18-13/h3-9,14H,1-2H3,(H,19,20)/t14-/m0/s1. The van der Waals surface area contributed by atoms with E-state index in [0.29, 0.717) is 11.3 Å². The van der Waals surface area contributed by atoms with Crippen LogP contribution in [0.3, 0.4) is 0 Å². The van der Waals surface area contributed by atoms with Gasteiger partial charge in [-0.1, -0.05) is 12.1 Å². The summed E-state index contributed by atoms with van der Waals surface area (Å²) >= 11 is 0. The SMILES string of the molecule is COC(=O)[C@@H](NC(=O)c1cc(F)ccc1C)c1ccccn1. The average molecular weight is 302 g/mol. The Morgan fingerprint density at radius 3 is 2.68 bits per heavy atom. The number of methoxy groups -OCH3 is 1. The Balaban J connectivity index is 2.29. The fraction of sp³-hybridized carbons (Fsp3) is 0.188. The Bertz CT molecular complexity index is 689. The number of esters is 1. The van der Waals surface area contributed by atoms with E-state index >= 15 is 0 Å². The van der Waals surface area contributed by atoms with Gasteiger partial charge >= 0.3 is 5.97 Å². The number of amides is 1. The molecule has 0 saturated heterocycles. The van der Waals surface area contributed by atoms with Crippen LogP contribution in [0.15, 0.2) is 42.6 Å². The van der Waals surface area contributed by atoms with E-state index in [9.17, 15) is 14.0 Å². The van der Waals surface area contributed by atoms with Gasteiger partial charge in [-0.25, -0.2) is 9.18 Å². The van der Waals surface area contributed by atoms with Gasteiger partial charge in [0.25, 0.3) is 5.91 Å². The summed E-state index contributed by atoms with van der Waals surface area (Å²) in [6, 6.07) is 7.81. The van der Waals surface area contributed by atoms with Crippen LogP contribution in [0.5, 0.6) is 0 Å². The Kier molecular flexibility index (Phi) is 4.83. The van der Waals surface area contributed by atoms with Crippen LogP contribution in [0, 0.1) is 12.7 Å². The first-order valence-corrected chi connectivity index (χ1v) is 6.58. The molecule has 1 aromatic heterocycles. The topological polar surface area (TPSA) is 68.3 Å². The summed E-state index contributed by atoms with van der Waals surface area (Å²) < 4.78 is 18.0. The monoisotopic (exact) mass is 302 g/mol. The van der Waals surface area contributed by atoms with Gasteiger partial charge in [-0.15, -0.1) is 0 Å². The van der Waals surface area contributed by atoms with Gasteiger partial charge in [0, 0.05) is 11.8 Å². The maximum Gasteiger partial charge on any atom is 0.334 e. The van der Waals surface area contributed by atoms with Crippen LogP contribution in [-0.4, -0.2) is 24.0 Å². The summed E-state index contributed by atoms with van der Waals surface area (Å²) in [4.78, 5) is 28.2. The van der Waals surface area contributed by atoms with Crippen LogP contribution in [-0.2, 0) is 9.53 Å². The van der Waals surface area contributed by atoms with Gasteiger partial charge < -0.3 is 10.1 Å². The maximum absolute atomic E-state index is 13.3. The molecule has 1 N–H and O–H groups in total. The van der Waals surface area contributed by atoms with Crippen LogP contribution in [0.1, 0.15) is 27.7 Å². The smallest absolute Gasteiger partial charge is 0.334 e. The number of carbonyl (C=O) groups is 2.